The van der Waals surface area contributed by atoms with Crippen LogP contribution in [0.2, 0.25) is 0 Å². The Hall–Kier alpha value is -2.51. The Morgan fingerprint density at radius 3 is 2.72 bits per heavy atom. The van der Waals surface area contributed by atoms with Crippen LogP contribution in [0.1, 0.15) is 53.1 Å². The van der Waals surface area contributed by atoms with Gasteiger partial charge in [0.1, 0.15) is 17.2 Å². The molecule has 1 N–H and O–H groups in total. The number of anilines is 1. The molecule has 0 bridgehead atoms. The van der Waals surface area contributed by atoms with Crippen molar-refractivity contribution >= 4 is 33.1 Å². The first-order chi connectivity index (χ1) is 15.5. The zero-order chi connectivity index (χ0) is 22.2. The summed E-state index contributed by atoms with van der Waals surface area (Å²) in [6, 6.07) is 5.88. The lowest BCUT2D eigenvalue weighted by Gasteiger charge is -2.19. The predicted molar refractivity (Wildman–Crippen MR) is 130 cm³/mol. The lowest BCUT2D eigenvalue weighted by molar-refractivity contribution is -0.116. The van der Waals surface area contributed by atoms with Gasteiger partial charge in [0.25, 0.3) is 5.56 Å². The van der Waals surface area contributed by atoms with Gasteiger partial charge in [0.2, 0.25) is 5.91 Å². The van der Waals surface area contributed by atoms with E-state index in [4.69, 9.17) is 4.98 Å². The minimum absolute atomic E-state index is 0.0110. The normalized spacial score (nSPS) is 16.4. The SMILES string of the molecule is Cc1cccc(NC(=O)Cn2c(CN3CCCC3)nc3sc4c(c3c2=O)CCCC4)c1C. The van der Waals surface area contributed by atoms with Gasteiger partial charge in [0.05, 0.1) is 11.9 Å². The second kappa shape index (κ2) is 8.79. The standard InChI is InChI=1S/C25H30N4O2S/c1-16-8-7-10-19(17(16)2)26-22(30)15-29-21(14-28-12-5-6-13-28)27-24-23(25(29)31)18-9-3-4-11-20(18)32-24/h7-8,10H,3-6,9,11-15H2,1-2H3,(H,26,30). The Balaban J connectivity index is 1.53. The highest BCUT2D eigenvalue weighted by Crippen LogP contribution is 2.34. The second-order valence-corrected chi connectivity index (χ2v) is 10.2. The maximum atomic E-state index is 13.7. The van der Waals surface area contributed by atoms with Crippen molar-refractivity contribution < 1.29 is 4.79 Å². The number of likely N-dealkylation sites (tertiary alicyclic amines) is 1. The van der Waals surface area contributed by atoms with Crippen molar-refractivity contribution in [2.24, 2.45) is 0 Å². The molecule has 0 atom stereocenters. The van der Waals surface area contributed by atoms with Crippen LogP contribution in [0.4, 0.5) is 5.69 Å². The van der Waals surface area contributed by atoms with Gasteiger partial charge in [-0.05, 0) is 88.2 Å². The van der Waals surface area contributed by atoms with Crippen LogP contribution in [0.25, 0.3) is 10.2 Å². The third kappa shape index (κ3) is 3.99. The van der Waals surface area contributed by atoms with Gasteiger partial charge in [0, 0.05) is 10.6 Å². The number of thiophene rings is 1. The third-order valence-corrected chi connectivity index (χ3v) is 8.08. The van der Waals surface area contributed by atoms with Crippen LogP contribution in [0.5, 0.6) is 0 Å². The van der Waals surface area contributed by atoms with E-state index >= 15 is 0 Å². The number of aromatic nitrogens is 2. The molecule has 168 valence electrons. The first-order valence-corrected chi connectivity index (χ1v) is 12.5. The van der Waals surface area contributed by atoms with Crippen molar-refractivity contribution in [3.63, 3.8) is 0 Å². The van der Waals surface area contributed by atoms with Gasteiger partial charge >= 0.3 is 0 Å². The van der Waals surface area contributed by atoms with Crippen molar-refractivity contribution in [3.05, 3.63) is 55.9 Å². The maximum Gasteiger partial charge on any atom is 0.263 e. The van der Waals surface area contributed by atoms with Crippen molar-refractivity contribution in [2.45, 2.75) is 65.5 Å². The Kier molecular flexibility index (Phi) is 5.86. The van der Waals surface area contributed by atoms with Gasteiger partial charge in [-0.25, -0.2) is 4.98 Å². The van der Waals surface area contributed by atoms with Crippen LogP contribution in [0.3, 0.4) is 0 Å². The number of nitrogens with zero attached hydrogens (tertiary/aromatic N) is 3. The van der Waals surface area contributed by atoms with Crippen LogP contribution in [-0.2, 0) is 30.7 Å². The molecule has 0 radical (unpaired) electrons. The fourth-order valence-electron chi connectivity index (χ4n) is 4.92. The summed E-state index contributed by atoms with van der Waals surface area (Å²) < 4.78 is 1.63. The molecule has 5 rings (SSSR count). The summed E-state index contributed by atoms with van der Waals surface area (Å²) in [4.78, 5) is 36.2. The molecule has 7 heteroatoms. The molecule has 1 fully saturated rings. The molecule has 0 spiro atoms. The number of carbonyl (C=O) groups excluding carboxylic acids is 1. The number of amides is 1. The Bertz CT molecular complexity index is 1240. The van der Waals surface area contributed by atoms with E-state index in [1.807, 2.05) is 32.0 Å². The maximum absolute atomic E-state index is 13.7. The number of hydrogen-bond donors (Lipinski definition) is 1. The van der Waals surface area contributed by atoms with Gasteiger partial charge in [-0.1, -0.05) is 12.1 Å². The van der Waals surface area contributed by atoms with Gasteiger partial charge in [-0.2, -0.15) is 0 Å². The lowest BCUT2D eigenvalue weighted by atomic mass is 9.97. The average molecular weight is 451 g/mol. The summed E-state index contributed by atoms with van der Waals surface area (Å²) in [5, 5.41) is 3.76. The number of hydrogen-bond acceptors (Lipinski definition) is 5. The molecule has 1 aromatic carbocycles. The van der Waals surface area contributed by atoms with E-state index in [0.29, 0.717) is 12.4 Å². The van der Waals surface area contributed by atoms with Crippen LogP contribution in [0.15, 0.2) is 23.0 Å². The first-order valence-electron chi connectivity index (χ1n) is 11.6. The molecule has 2 aliphatic rings. The van der Waals surface area contributed by atoms with E-state index in [0.717, 1.165) is 59.4 Å². The van der Waals surface area contributed by atoms with Crippen LogP contribution < -0.4 is 10.9 Å². The number of carbonyl (C=O) groups is 1. The fraction of sp³-hybridized carbons (Fsp3) is 0.480. The van der Waals surface area contributed by atoms with Gasteiger partial charge < -0.3 is 5.32 Å². The molecular weight excluding hydrogens is 420 g/mol. The number of nitrogens with one attached hydrogen (secondary N) is 1. The molecule has 3 heterocycles. The molecule has 3 aromatic rings. The summed E-state index contributed by atoms with van der Waals surface area (Å²) in [5.74, 6) is 0.521. The second-order valence-electron chi connectivity index (χ2n) is 9.09. The number of benzene rings is 1. The monoisotopic (exact) mass is 450 g/mol. The van der Waals surface area contributed by atoms with E-state index in [9.17, 15) is 9.59 Å². The number of rotatable bonds is 5. The first kappa shape index (κ1) is 21.3. The quantitative estimate of drug-likeness (QED) is 0.633. The lowest BCUT2D eigenvalue weighted by Crippen LogP contribution is -2.34. The van der Waals surface area contributed by atoms with E-state index in [1.54, 1.807) is 15.9 Å². The van der Waals surface area contributed by atoms with Gasteiger partial charge in [0.15, 0.2) is 0 Å². The zero-order valence-corrected chi connectivity index (χ0v) is 19.7. The van der Waals surface area contributed by atoms with E-state index in [1.165, 1.54) is 29.7 Å². The number of aryl methyl sites for hydroxylation is 3. The van der Waals surface area contributed by atoms with E-state index in [-0.39, 0.29) is 18.0 Å². The number of fused-ring (bicyclic) bond motifs is 3. The molecule has 1 aliphatic heterocycles. The highest BCUT2D eigenvalue weighted by molar-refractivity contribution is 7.18. The minimum atomic E-state index is -0.186. The largest absolute Gasteiger partial charge is 0.324 e. The van der Waals surface area contributed by atoms with Crippen molar-refractivity contribution in [1.29, 1.82) is 0 Å². The zero-order valence-electron chi connectivity index (χ0n) is 18.9. The molecule has 0 saturated carbocycles. The summed E-state index contributed by atoms with van der Waals surface area (Å²) in [6.07, 6.45) is 6.60. The highest BCUT2D eigenvalue weighted by atomic mass is 32.1. The fourth-order valence-corrected chi connectivity index (χ4v) is 6.20. The highest BCUT2D eigenvalue weighted by Gasteiger charge is 2.24. The summed E-state index contributed by atoms with van der Waals surface area (Å²) in [6.45, 7) is 6.67. The van der Waals surface area contributed by atoms with Crippen LogP contribution >= 0.6 is 11.3 Å². The summed E-state index contributed by atoms with van der Waals surface area (Å²) in [5.41, 5.74) is 4.09. The molecule has 1 amide bonds. The Labute approximate surface area is 192 Å². The van der Waals surface area contributed by atoms with Crippen molar-refractivity contribution in [2.75, 3.05) is 18.4 Å². The predicted octanol–water partition coefficient (Wildman–Crippen LogP) is 4.19. The third-order valence-electron chi connectivity index (χ3n) is 6.90. The topological polar surface area (TPSA) is 67.2 Å². The minimum Gasteiger partial charge on any atom is -0.324 e. The van der Waals surface area contributed by atoms with E-state index in [2.05, 4.69) is 10.2 Å². The molecule has 1 saturated heterocycles. The van der Waals surface area contributed by atoms with Crippen molar-refractivity contribution in [1.82, 2.24) is 14.5 Å². The molecule has 6 nitrogen and oxygen atoms in total. The van der Waals surface area contributed by atoms with Crippen molar-refractivity contribution in [3.8, 4) is 0 Å². The van der Waals surface area contributed by atoms with E-state index < -0.39 is 0 Å². The molecule has 1 aliphatic carbocycles. The Morgan fingerprint density at radius 2 is 1.91 bits per heavy atom. The molecular formula is C25H30N4O2S. The molecule has 0 unspecified atom stereocenters. The summed E-state index contributed by atoms with van der Waals surface area (Å²) in [7, 11) is 0. The summed E-state index contributed by atoms with van der Waals surface area (Å²) >= 11 is 1.68. The van der Waals surface area contributed by atoms with Gasteiger partial charge in [-0.15, -0.1) is 11.3 Å². The van der Waals surface area contributed by atoms with Gasteiger partial charge in [-0.3, -0.25) is 19.1 Å². The van der Waals surface area contributed by atoms with Crippen LogP contribution in [-0.4, -0.2) is 33.4 Å². The van der Waals surface area contributed by atoms with Crippen LogP contribution in [0, 0.1) is 13.8 Å². The average Bonchev–Trinajstić information content (AvgIpc) is 3.41. The smallest absolute Gasteiger partial charge is 0.263 e. The molecule has 2 aromatic heterocycles. The Morgan fingerprint density at radius 1 is 1.12 bits per heavy atom. The molecule has 32 heavy (non-hydrogen) atoms.